The molecule has 0 aromatic heterocycles. The summed E-state index contributed by atoms with van der Waals surface area (Å²) in [5.41, 5.74) is 0. The summed E-state index contributed by atoms with van der Waals surface area (Å²) in [5, 5.41) is 13.9. The highest BCUT2D eigenvalue weighted by Gasteiger charge is 2.23. The van der Waals surface area contributed by atoms with Gasteiger partial charge in [-0.25, -0.2) is 0 Å². The molecule has 8 nitrogen and oxygen atoms in total. The van der Waals surface area contributed by atoms with E-state index in [-0.39, 0.29) is 12.5 Å². The monoisotopic (exact) mass is 1240 g/mol. The van der Waals surface area contributed by atoms with Gasteiger partial charge in [-0.1, -0.05) is 320 Å². The largest absolute Gasteiger partial charge is 0.756 e. The summed E-state index contributed by atoms with van der Waals surface area (Å²) in [5.74, 6) is -0.222. The fourth-order valence-electron chi connectivity index (χ4n) is 9.70. The fourth-order valence-corrected chi connectivity index (χ4v) is 10.4. The Hall–Kier alpha value is -3.88. The van der Waals surface area contributed by atoms with Crippen molar-refractivity contribution in [1.82, 2.24) is 5.32 Å². The van der Waals surface area contributed by atoms with Gasteiger partial charge in [0.25, 0.3) is 7.82 Å². The molecule has 3 unspecified atom stereocenters. The number of hydrogen-bond acceptors (Lipinski definition) is 6. The topological polar surface area (TPSA) is 108 Å². The number of nitrogens with one attached hydrogen (secondary N) is 1. The minimum absolute atomic E-state index is 0.0162. The lowest BCUT2D eigenvalue weighted by Crippen LogP contribution is -2.45. The van der Waals surface area contributed by atoms with Gasteiger partial charge in [0.1, 0.15) is 13.2 Å². The summed E-state index contributed by atoms with van der Waals surface area (Å²) in [6.07, 6.45) is 105. The van der Waals surface area contributed by atoms with Gasteiger partial charge >= 0.3 is 0 Å². The molecule has 0 spiro atoms. The van der Waals surface area contributed by atoms with E-state index in [9.17, 15) is 19.4 Å². The van der Waals surface area contributed by atoms with E-state index < -0.39 is 26.6 Å². The number of phosphoric ester groups is 1. The molecule has 3 atom stereocenters. The number of aliphatic hydroxyl groups excluding tert-OH is 1. The average Bonchev–Trinajstić information content (AvgIpc) is 3.71. The quantitative estimate of drug-likeness (QED) is 0.0272. The third-order valence-electron chi connectivity index (χ3n) is 15.2. The number of hydrogen-bond donors (Lipinski definition) is 2. The van der Waals surface area contributed by atoms with Crippen molar-refractivity contribution in [1.29, 1.82) is 0 Å². The maximum absolute atomic E-state index is 13.0. The third kappa shape index (κ3) is 69.6. The van der Waals surface area contributed by atoms with Crippen molar-refractivity contribution in [3.05, 3.63) is 158 Å². The molecule has 2 N–H and O–H groups in total. The first kappa shape index (κ1) is 84.1. The van der Waals surface area contributed by atoms with Crippen LogP contribution in [0.25, 0.3) is 0 Å². The Morgan fingerprint density at radius 2 is 0.705 bits per heavy atom. The van der Waals surface area contributed by atoms with E-state index in [4.69, 9.17) is 9.05 Å². The number of aliphatic hydroxyl groups is 1. The lowest BCUT2D eigenvalue weighted by molar-refractivity contribution is -0.870. The summed E-state index contributed by atoms with van der Waals surface area (Å²) in [4.78, 5) is 25.6. The van der Waals surface area contributed by atoms with E-state index >= 15 is 0 Å². The molecule has 0 aliphatic carbocycles. The molecule has 0 aliphatic rings. The first-order valence-electron chi connectivity index (χ1n) is 35.8. The Morgan fingerprint density at radius 3 is 1.06 bits per heavy atom. The van der Waals surface area contributed by atoms with Crippen LogP contribution in [-0.4, -0.2) is 68.5 Å². The van der Waals surface area contributed by atoms with E-state index in [1.54, 1.807) is 6.08 Å². The highest BCUT2D eigenvalue weighted by atomic mass is 31.2. The zero-order chi connectivity index (χ0) is 64.1. The average molecular weight is 1240 g/mol. The minimum atomic E-state index is -4.63. The Morgan fingerprint density at radius 1 is 0.409 bits per heavy atom. The van der Waals surface area contributed by atoms with Crippen LogP contribution >= 0.6 is 7.82 Å². The summed E-state index contributed by atoms with van der Waals surface area (Å²) < 4.78 is 23.4. The van der Waals surface area contributed by atoms with Crippen molar-refractivity contribution in [2.75, 3.05) is 40.9 Å². The number of rotatable bonds is 64. The summed E-state index contributed by atoms with van der Waals surface area (Å²) in [6.45, 7) is 4.51. The molecule has 0 heterocycles. The van der Waals surface area contributed by atoms with E-state index in [1.165, 1.54) is 141 Å². The molecule has 0 saturated heterocycles. The Labute approximate surface area is 543 Å². The van der Waals surface area contributed by atoms with Crippen molar-refractivity contribution >= 4 is 13.7 Å². The van der Waals surface area contributed by atoms with E-state index in [0.717, 1.165) is 122 Å². The highest BCUT2D eigenvalue weighted by Crippen LogP contribution is 2.38. The lowest BCUT2D eigenvalue weighted by atomic mass is 10.0. The number of carbonyl (C=O) groups is 1. The molecule has 0 saturated carbocycles. The predicted molar refractivity (Wildman–Crippen MR) is 384 cm³/mol. The van der Waals surface area contributed by atoms with Crippen LogP contribution in [0, 0.1) is 0 Å². The molecular formula is C79H135N2O6P. The van der Waals surface area contributed by atoms with Gasteiger partial charge in [-0.2, -0.15) is 0 Å². The van der Waals surface area contributed by atoms with Gasteiger partial charge in [-0.05, 0) is 116 Å². The van der Waals surface area contributed by atoms with Crippen LogP contribution in [0.2, 0.25) is 0 Å². The normalized spacial score (nSPS) is 14.6. The van der Waals surface area contributed by atoms with Gasteiger partial charge in [0.05, 0.1) is 39.9 Å². The summed E-state index contributed by atoms with van der Waals surface area (Å²) in [6, 6.07) is -0.923. The number of allylic oxidation sites excluding steroid dienone is 25. The Kier molecular flexibility index (Phi) is 64.5. The number of amides is 1. The van der Waals surface area contributed by atoms with E-state index in [0.29, 0.717) is 17.4 Å². The second-order valence-corrected chi connectivity index (χ2v) is 26.3. The van der Waals surface area contributed by atoms with Crippen LogP contribution < -0.4 is 10.2 Å². The van der Waals surface area contributed by atoms with Crippen LogP contribution in [0.5, 0.6) is 0 Å². The van der Waals surface area contributed by atoms with Gasteiger partial charge in [0, 0.05) is 6.42 Å². The number of carbonyl (C=O) groups excluding carboxylic acids is 1. The lowest BCUT2D eigenvalue weighted by Gasteiger charge is -2.29. The van der Waals surface area contributed by atoms with Crippen molar-refractivity contribution in [2.45, 2.75) is 296 Å². The summed E-state index contributed by atoms with van der Waals surface area (Å²) >= 11 is 0. The van der Waals surface area contributed by atoms with Gasteiger partial charge < -0.3 is 28.8 Å². The first-order valence-corrected chi connectivity index (χ1v) is 37.3. The molecule has 0 aliphatic heterocycles. The second-order valence-electron chi connectivity index (χ2n) is 24.8. The van der Waals surface area contributed by atoms with Crippen molar-refractivity contribution in [3.8, 4) is 0 Å². The van der Waals surface area contributed by atoms with E-state index in [2.05, 4.69) is 165 Å². The standard InChI is InChI=1S/C79H135N2O6P/c1-6-8-10-12-14-16-18-20-22-24-26-28-30-32-33-34-35-36-37-38-39-40-41-42-43-44-45-46-47-49-51-53-55-57-59-61-63-65-67-69-71-73-79(83)80-77(76-87-88(84,85)86-75-74-81(3,4)5)78(82)72-70-68-66-64-62-60-58-56-54-52-50-48-31-29-27-25-23-21-19-17-15-13-11-9-7-2/h8,10,14,16,20,22,26,28,32-33,35-36,38-39,41-42,44-45,47,49,53,55,62,64,70,72,77-78,82H,6-7,9,11-13,15,17-19,21,23-25,27,29-31,34,37,40,43,46,48,50-52,54,56-61,63,65-69,71,73-76H2,1-5H3,(H-,80,83,84,85)/b10-8-,16-14-,22-20-,28-26-,33-32-,36-35-,39-38-,42-41-,45-44-,49-47-,55-53-,64-62+,72-70+. The Balaban J connectivity index is 4.19. The summed E-state index contributed by atoms with van der Waals surface area (Å²) in [7, 11) is 1.22. The molecule has 0 aromatic carbocycles. The van der Waals surface area contributed by atoms with Crippen molar-refractivity contribution in [2.24, 2.45) is 0 Å². The third-order valence-corrected chi connectivity index (χ3v) is 16.2. The van der Waals surface area contributed by atoms with Crippen LogP contribution in [0.4, 0.5) is 0 Å². The molecule has 0 aromatic rings. The van der Waals surface area contributed by atoms with Gasteiger partial charge in [0.2, 0.25) is 5.91 Å². The molecular weight excluding hydrogens is 1100 g/mol. The first-order chi connectivity index (χ1) is 43.0. The highest BCUT2D eigenvalue weighted by molar-refractivity contribution is 7.45. The maximum atomic E-state index is 13.0. The number of likely N-dealkylation sites (N-methyl/N-ethyl adjacent to an activating group) is 1. The second kappa shape index (κ2) is 67.5. The van der Waals surface area contributed by atoms with Gasteiger partial charge in [-0.15, -0.1) is 0 Å². The number of quaternary nitrogens is 1. The van der Waals surface area contributed by atoms with Gasteiger partial charge in [-0.3, -0.25) is 9.36 Å². The molecule has 0 rings (SSSR count). The van der Waals surface area contributed by atoms with Crippen LogP contribution in [-0.2, 0) is 18.4 Å². The van der Waals surface area contributed by atoms with Crippen LogP contribution in [0.1, 0.15) is 284 Å². The molecule has 0 fully saturated rings. The zero-order valence-electron chi connectivity index (χ0n) is 57.4. The van der Waals surface area contributed by atoms with Gasteiger partial charge in [0.15, 0.2) is 0 Å². The maximum Gasteiger partial charge on any atom is 0.268 e. The molecule has 0 bridgehead atoms. The van der Waals surface area contributed by atoms with Crippen molar-refractivity contribution in [3.63, 3.8) is 0 Å². The molecule has 1 amide bonds. The SMILES string of the molecule is CC/C=C\C/C=C\C/C=C\C/C=C\C/C=C\C/C=C\C/C=C\C/C=C\C/C=C\C/C=C\C/C=C\CCCCCCCCCC(=O)NC(COP(=O)([O-])OCC[N+](C)(C)C)C(O)/C=C/CC/C=C/CCCCCCCCCCCCCCCCCCCCC. The predicted octanol–water partition coefficient (Wildman–Crippen LogP) is 22.7. The molecule has 0 radical (unpaired) electrons. The minimum Gasteiger partial charge on any atom is -0.756 e. The number of phosphoric acid groups is 1. The van der Waals surface area contributed by atoms with Crippen LogP contribution in [0.15, 0.2) is 158 Å². The zero-order valence-corrected chi connectivity index (χ0v) is 58.3. The Bertz CT molecular complexity index is 1990. The van der Waals surface area contributed by atoms with Crippen LogP contribution in [0.3, 0.4) is 0 Å². The van der Waals surface area contributed by atoms with Crippen molar-refractivity contribution < 1.29 is 32.9 Å². The number of unbranched alkanes of at least 4 members (excludes halogenated alkanes) is 27. The molecule has 502 valence electrons. The van der Waals surface area contributed by atoms with E-state index in [1.807, 2.05) is 27.2 Å². The fraction of sp³-hybridized carbons (Fsp3) is 0.658. The number of nitrogens with zero attached hydrogens (tertiary/aromatic N) is 1. The molecule has 9 heteroatoms. The smallest absolute Gasteiger partial charge is 0.268 e. The molecule has 88 heavy (non-hydrogen) atoms.